The Hall–Kier alpha value is -1.98. The van der Waals surface area contributed by atoms with Gasteiger partial charge in [0, 0.05) is 44.5 Å². The molecule has 3 aliphatic heterocycles. The highest BCUT2D eigenvalue weighted by Gasteiger charge is 2.44. The van der Waals surface area contributed by atoms with E-state index in [0.717, 1.165) is 25.4 Å². The van der Waals surface area contributed by atoms with Crippen molar-refractivity contribution in [1.82, 2.24) is 14.8 Å². The van der Waals surface area contributed by atoms with E-state index in [1.165, 1.54) is 12.5 Å². The second-order valence-electron chi connectivity index (χ2n) is 6.57. The van der Waals surface area contributed by atoms with E-state index in [0.29, 0.717) is 30.9 Å². The SMILES string of the molecule is Fc1cccnc1CN1CC2CC(C1)N2CCOc1ccccc1. The molecule has 2 unspecified atom stereocenters. The lowest BCUT2D eigenvalue weighted by molar-refractivity contribution is -0.0765. The van der Waals surface area contributed by atoms with Crippen molar-refractivity contribution < 1.29 is 9.13 Å². The minimum Gasteiger partial charge on any atom is -0.492 e. The highest BCUT2D eigenvalue weighted by Crippen LogP contribution is 2.32. The van der Waals surface area contributed by atoms with E-state index in [2.05, 4.69) is 14.8 Å². The summed E-state index contributed by atoms with van der Waals surface area (Å²) in [7, 11) is 0. The van der Waals surface area contributed by atoms with Crippen LogP contribution in [0.3, 0.4) is 0 Å². The molecule has 1 aromatic carbocycles. The molecule has 2 aromatic rings. The molecule has 3 aliphatic rings. The highest BCUT2D eigenvalue weighted by atomic mass is 19.1. The first-order chi connectivity index (χ1) is 11.8. The molecule has 0 N–H and O–H groups in total. The van der Waals surface area contributed by atoms with Crippen LogP contribution in [0.1, 0.15) is 12.1 Å². The van der Waals surface area contributed by atoms with Crippen LogP contribution < -0.4 is 4.74 Å². The number of ether oxygens (including phenoxy) is 1. The third kappa shape index (κ3) is 3.28. The van der Waals surface area contributed by atoms with Gasteiger partial charge in [-0.25, -0.2) is 4.39 Å². The average Bonchev–Trinajstić information content (AvgIpc) is 2.62. The summed E-state index contributed by atoms with van der Waals surface area (Å²) in [6.07, 6.45) is 2.91. The molecule has 5 rings (SSSR count). The molecule has 1 aromatic heterocycles. The predicted octanol–water partition coefficient (Wildman–Crippen LogP) is 2.56. The predicted molar refractivity (Wildman–Crippen MR) is 90.3 cm³/mol. The van der Waals surface area contributed by atoms with Crippen LogP contribution in [0.25, 0.3) is 0 Å². The second-order valence-corrected chi connectivity index (χ2v) is 6.57. The van der Waals surface area contributed by atoms with Crippen LogP contribution >= 0.6 is 0 Å². The number of para-hydroxylation sites is 1. The molecule has 3 saturated heterocycles. The van der Waals surface area contributed by atoms with E-state index >= 15 is 0 Å². The zero-order chi connectivity index (χ0) is 16.4. The molecule has 0 radical (unpaired) electrons. The van der Waals surface area contributed by atoms with Gasteiger partial charge >= 0.3 is 0 Å². The molecule has 3 fully saturated rings. The van der Waals surface area contributed by atoms with Crippen LogP contribution in [0.15, 0.2) is 48.7 Å². The van der Waals surface area contributed by atoms with Gasteiger partial charge in [-0.15, -0.1) is 0 Å². The Morgan fingerprint density at radius 3 is 2.62 bits per heavy atom. The lowest BCUT2D eigenvalue weighted by atomic mass is 9.87. The van der Waals surface area contributed by atoms with Gasteiger partial charge in [-0.1, -0.05) is 18.2 Å². The van der Waals surface area contributed by atoms with Crippen molar-refractivity contribution in [3.8, 4) is 5.75 Å². The van der Waals surface area contributed by atoms with Gasteiger partial charge in [0.05, 0.1) is 5.69 Å². The third-order valence-corrected chi connectivity index (χ3v) is 4.99. The van der Waals surface area contributed by atoms with Gasteiger partial charge < -0.3 is 4.74 Å². The normalized spacial score (nSPS) is 23.7. The summed E-state index contributed by atoms with van der Waals surface area (Å²) >= 11 is 0. The molecule has 126 valence electrons. The molecule has 4 nitrogen and oxygen atoms in total. The fraction of sp³-hybridized carbons (Fsp3) is 0.421. The molecule has 2 atom stereocenters. The lowest BCUT2D eigenvalue weighted by Gasteiger charge is -2.56. The van der Waals surface area contributed by atoms with Crippen molar-refractivity contribution in [2.45, 2.75) is 25.0 Å². The molecule has 0 saturated carbocycles. The van der Waals surface area contributed by atoms with Crippen LogP contribution in [-0.4, -0.2) is 53.1 Å². The minimum absolute atomic E-state index is 0.204. The third-order valence-electron chi connectivity index (χ3n) is 4.99. The number of piperidine rings is 1. The van der Waals surface area contributed by atoms with E-state index in [4.69, 9.17) is 4.74 Å². The Kier molecular flexibility index (Phi) is 4.45. The van der Waals surface area contributed by atoms with Gasteiger partial charge in [-0.05, 0) is 30.7 Å². The van der Waals surface area contributed by atoms with E-state index in [1.807, 2.05) is 30.3 Å². The Morgan fingerprint density at radius 2 is 1.88 bits per heavy atom. The number of fused-ring (bicyclic) bond motifs is 2. The smallest absolute Gasteiger partial charge is 0.146 e. The van der Waals surface area contributed by atoms with Crippen molar-refractivity contribution in [3.05, 3.63) is 60.2 Å². The zero-order valence-electron chi connectivity index (χ0n) is 13.6. The van der Waals surface area contributed by atoms with Gasteiger partial charge in [0.2, 0.25) is 0 Å². The molecule has 5 heteroatoms. The Labute approximate surface area is 141 Å². The number of aromatic nitrogens is 1. The van der Waals surface area contributed by atoms with Crippen LogP contribution in [0.4, 0.5) is 4.39 Å². The van der Waals surface area contributed by atoms with Gasteiger partial charge in [0.25, 0.3) is 0 Å². The first-order valence-corrected chi connectivity index (χ1v) is 8.55. The van der Waals surface area contributed by atoms with Crippen LogP contribution in [0.5, 0.6) is 5.75 Å². The number of pyridine rings is 1. The van der Waals surface area contributed by atoms with E-state index in [1.54, 1.807) is 12.3 Å². The number of hydrogen-bond acceptors (Lipinski definition) is 4. The number of nitrogens with zero attached hydrogens (tertiary/aromatic N) is 3. The maximum Gasteiger partial charge on any atom is 0.146 e. The lowest BCUT2D eigenvalue weighted by Crippen LogP contribution is -2.68. The molecule has 24 heavy (non-hydrogen) atoms. The summed E-state index contributed by atoms with van der Waals surface area (Å²) in [6.45, 7) is 4.24. The summed E-state index contributed by atoms with van der Waals surface area (Å²) in [5.41, 5.74) is 0.553. The number of rotatable bonds is 6. The molecular weight excluding hydrogens is 305 g/mol. The van der Waals surface area contributed by atoms with Crippen molar-refractivity contribution >= 4 is 0 Å². The number of benzene rings is 1. The molecule has 0 aliphatic carbocycles. The molecule has 2 bridgehead atoms. The molecule has 0 amide bonds. The zero-order valence-corrected chi connectivity index (χ0v) is 13.6. The van der Waals surface area contributed by atoms with Crippen molar-refractivity contribution in [2.75, 3.05) is 26.2 Å². The summed E-state index contributed by atoms with van der Waals surface area (Å²) < 4.78 is 19.5. The quantitative estimate of drug-likeness (QED) is 0.815. The number of piperazine rings is 1. The monoisotopic (exact) mass is 327 g/mol. The van der Waals surface area contributed by atoms with E-state index in [-0.39, 0.29) is 5.82 Å². The molecule has 4 heterocycles. The Bertz CT molecular complexity index is 669. The van der Waals surface area contributed by atoms with E-state index < -0.39 is 0 Å². The van der Waals surface area contributed by atoms with Gasteiger partial charge in [0.1, 0.15) is 18.2 Å². The topological polar surface area (TPSA) is 28.6 Å². The van der Waals surface area contributed by atoms with Gasteiger partial charge in [-0.2, -0.15) is 0 Å². The minimum atomic E-state index is -0.204. The summed E-state index contributed by atoms with van der Waals surface area (Å²) in [6, 6.07) is 14.2. The second kappa shape index (κ2) is 6.87. The number of halogens is 1. The summed E-state index contributed by atoms with van der Waals surface area (Å²) in [5, 5.41) is 0. The summed E-state index contributed by atoms with van der Waals surface area (Å²) in [4.78, 5) is 9.00. The van der Waals surface area contributed by atoms with Crippen molar-refractivity contribution in [3.63, 3.8) is 0 Å². The number of hydrogen-bond donors (Lipinski definition) is 0. The average molecular weight is 327 g/mol. The van der Waals surface area contributed by atoms with Gasteiger partial charge in [-0.3, -0.25) is 14.8 Å². The summed E-state index contributed by atoms with van der Waals surface area (Å²) in [5.74, 6) is 0.723. The van der Waals surface area contributed by atoms with Gasteiger partial charge in [0.15, 0.2) is 0 Å². The molecule has 0 spiro atoms. The van der Waals surface area contributed by atoms with Crippen molar-refractivity contribution in [1.29, 1.82) is 0 Å². The van der Waals surface area contributed by atoms with Crippen molar-refractivity contribution in [2.24, 2.45) is 0 Å². The Balaban J connectivity index is 1.25. The largest absolute Gasteiger partial charge is 0.492 e. The van der Waals surface area contributed by atoms with Crippen LogP contribution in [-0.2, 0) is 6.54 Å². The molecular formula is C19H22FN3O. The highest BCUT2D eigenvalue weighted by molar-refractivity contribution is 5.20. The standard InChI is InChI=1S/C19H22FN3O/c20-18-7-4-8-21-19(18)14-22-12-15-11-16(13-22)23(15)9-10-24-17-5-2-1-3-6-17/h1-8,15-16H,9-14H2. The fourth-order valence-electron chi connectivity index (χ4n) is 3.80. The maximum absolute atomic E-state index is 13.7. The first kappa shape index (κ1) is 15.5. The Morgan fingerprint density at radius 1 is 1.08 bits per heavy atom. The van der Waals surface area contributed by atoms with Crippen LogP contribution in [0.2, 0.25) is 0 Å². The fourth-order valence-corrected chi connectivity index (χ4v) is 3.80. The first-order valence-electron chi connectivity index (χ1n) is 8.55. The van der Waals surface area contributed by atoms with E-state index in [9.17, 15) is 4.39 Å². The van der Waals surface area contributed by atoms with Crippen LogP contribution in [0, 0.1) is 5.82 Å². The maximum atomic E-state index is 13.7.